The van der Waals surface area contributed by atoms with Crippen LogP contribution in [0.15, 0.2) is 24.3 Å². The van der Waals surface area contributed by atoms with Crippen molar-refractivity contribution in [3.63, 3.8) is 0 Å². The normalized spacial score (nSPS) is 24.0. The molecule has 1 N–H and O–H groups in total. The van der Waals surface area contributed by atoms with Crippen molar-refractivity contribution in [1.82, 2.24) is 10.2 Å². The maximum absolute atomic E-state index is 12.7. The van der Waals surface area contributed by atoms with Gasteiger partial charge in [0, 0.05) is 36.5 Å². The molecule has 1 aromatic rings. The highest BCUT2D eigenvalue weighted by atomic mass is 32.2. The van der Waals surface area contributed by atoms with Crippen LogP contribution in [-0.4, -0.2) is 67.3 Å². The van der Waals surface area contributed by atoms with Crippen LogP contribution >= 0.6 is 11.8 Å². The molecule has 6 heteroatoms. The summed E-state index contributed by atoms with van der Waals surface area (Å²) >= 11 is 1.98. The van der Waals surface area contributed by atoms with Gasteiger partial charge in [-0.05, 0) is 36.3 Å². The fourth-order valence-electron chi connectivity index (χ4n) is 3.47. The van der Waals surface area contributed by atoms with Crippen molar-refractivity contribution in [2.24, 2.45) is 5.92 Å². The lowest BCUT2D eigenvalue weighted by atomic mass is 9.95. The summed E-state index contributed by atoms with van der Waals surface area (Å²) < 4.78 is 11.2. The number of amides is 1. The molecule has 2 aliphatic heterocycles. The number of carbonyl (C=O) groups is 1. The first-order chi connectivity index (χ1) is 12.6. The van der Waals surface area contributed by atoms with Crippen molar-refractivity contribution in [1.29, 1.82) is 0 Å². The minimum atomic E-state index is -0.0236. The molecule has 0 spiro atoms. The molecule has 0 radical (unpaired) electrons. The second kappa shape index (κ2) is 9.11. The molecule has 3 rings (SSSR count). The van der Waals surface area contributed by atoms with Gasteiger partial charge in [-0.1, -0.05) is 19.9 Å². The molecule has 1 atom stereocenters. The van der Waals surface area contributed by atoms with Gasteiger partial charge < -0.3 is 14.8 Å². The molecule has 1 unspecified atom stereocenters. The Morgan fingerprint density at radius 3 is 2.88 bits per heavy atom. The zero-order valence-corrected chi connectivity index (χ0v) is 16.6. The molecule has 0 aromatic heterocycles. The molecular weight excluding hydrogens is 348 g/mol. The molecule has 26 heavy (non-hydrogen) atoms. The number of nitrogens with one attached hydrogen (secondary N) is 1. The van der Waals surface area contributed by atoms with E-state index in [4.69, 9.17) is 9.47 Å². The lowest BCUT2D eigenvalue weighted by molar-refractivity contribution is -0.0129. The van der Waals surface area contributed by atoms with Gasteiger partial charge in [-0.3, -0.25) is 9.69 Å². The van der Waals surface area contributed by atoms with Crippen molar-refractivity contribution in [3.05, 3.63) is 29.8 Å². The summed E-state index contributed by atoms with van der Waals surface area (Å²) in [5, 5.41) is 3.18. The van der Waals surface area contributed by atoms with E-state index < -0.39 is 0 Å². The molecule has 0 saturated carbocycles. The molecule has 5 nitrogen and oxygen atoms in total. The van der Waals surface area contributed by atoms with Gasteiger partial charge in [-0.25, -0.2) is 0 Å². The Kier molecular flexibility index (Phi) is 6.84. The molecule has 0 aliphatic carbocycles. The Morgan fingerprint density at radius 2 is 2.19 bits per heavy atom. The van der Waals surface area contributed by atoms with Gasteiger partial charge in [0.2, 0.25) is 0 Å². The van der Waals surface area contributed by atoms with Gasteiger partial charge >= 0.3 is 0 Å². The second-order valence-corrected chi connectivity index (χ2v) is 8.65. The Hall–Kier alpha value is -1.24. The number of ether oxygens (including phenoxy) is 2. The number of hydrogen-bond acceptors (Lipinski definition) is 5. The maximum Gasteiger partial charge on any atom is 0.251 e. The van der Waals surface area contributed by atoms with E-state index in [1.54, 1.807) is 0 Å². The highest BCUT2D eigenvalue weighted by molar-refractivity contribution is 7.99. The molecule has 144 valence electrons. The molecule has 1 aromatic carbocycles. The first-order valence-electron chi connectivity index (χ1n) is 9.51. The number of benzene rings is 1. The SMILES string of the molecule is CC(C)COc1cccc(C(=O)NCC2(N3CCOCC3)CCSC2)c1. The quantitative estimate of drug-likeness (QED) is 0.791. The predicted molar refractivity (Wildman–Crippen MR) is 106 cm³/mol. The van der Waals surface area contributed by atoms with Crippen molar-refractivity contribution in [3.8, 4) is 5.75 Å². The van der Waals surface area contributed by atoms with Crippen LogP contribution in [0.3, 0.4) is 0 Å². The second-order valence-electron chi connectivity index (χ2n) is 7.54. The topological polar surface area (TPSA) is 50.8 Å². The lowest BCUT2D eigenvalue weighted by Crippen LogP contribution is -2.59. The lowest BCUT2D eigenvalue weighted by Gasteiger charge is -2.43. The average Bonchev–Trinajstić information content (AvgIpc) is 3.16. The van der Waals surface area contributed by atoms with Crippen molar-refractivity contribution in [2.75, 3.05) is 51.0 Å². The van der Waals surface area contributed by atoms with Crippen LogP contribution in [0.25, 0.3) is 0 Å². The molecule has 2 aliphatic rings. The summed E-state index contributed by atoms with van der Waals surface area (Å²) in [6.07, 6.45) is 1.12. The van der Waals surface area contributed by atoms with Crippen LogP contribution in [0.5, 0.6) is 5.75 Å². The van der Waals surface area contributed by atoms with Crippen LogP contribution < -0.4 is 10.1 Å². The zero-order chi connectivity index (χ0) is 18.4. The van der Waals surface area contributed by atoms with Crippen molar-refractivity contribution >= 4 is 17.7 Å². The van der Waals surface area contributed by atoms with Crippen LogP contribution in [0.4, 0.5) is 0 Å². The van der Waals surface area contributed by atoms with E-state index in [0.717, 1.165) is 50.0 Å². The summed E-state index contributed by atoms with van der Waals surface area (Å²) in [4.78, 5) is 15.2. The summed E-state index contributed by atoms with van der Waals surface area (Å²) in [6, 6.07) is 7.47. The first-order valence-corrected chi connectivity index (χ1v) is 10.7. The van der Waals surface area contributed by atoms with Crippen LogP contribution in [0.1, 0.15) is 30.6 Å². The van der Waals surface area contributed by atoms with Gasteiger partial charge in [0.15, 0.2) is 0 Å². The third-order valence-corrected chi connectivity index (χ3v) is 6.26. The summed E-state index contributed by atoms with van der Waals surface area (Å²) in [7, 11) is 0. The Balaban J connectivity index is 1.61. The summed E-state index contributed by atoms with van der Waals surface area (Å²) in [5.74, 6) is 3.42. The Labute approximate surface area is 160 Å². The molecule has 1 amide bonds. The third kappa shape index (κ3) is 4.93. The maximum atomic E-state index is 12.7. The molecule has 0 bridgehead atoms. The van der Waals surface area contributed by atoms with Gasteiger partial charge in [0.05, 0.1) is 19.8 Å². The number of morpholine rings is 1. The minimum Gasteiger partial charge on any atom is -0.493 e. The summed E-state index contributed by atoms with van der Waals surface area (Å²) in [5.41, 5.74) is 0.726. The smallest absolute Gasteiger partial charge is 0.251 e. The molecule has 2 fully saturated rings. The van der Waals surface area contributed by atoms with Gasteiger partial charge in [-0.2, -0.15) is 11.8 Å². The standard InChI is InChI=1S/C20H30N2O3S/c1-16(2)13-25-18-5-3-4-17(12-18)19(23)21-14-20(6-11-26-15-20)22-7-9-24-10-8-22/h3-5,12,16H,6-11,13-15H2,1-2H3,(H,21,23). The highest BCUT2D eigenvalue weighted by Gasteiger charge is 2.40. The monoisotopic (exact) mass is 378 g/mol. The largest absolute Gasteiger partial charge is 0.493 e. The van der Waals surface area contributed by atoms with E-state index in [9.17, 15) is 4.79 Å². The van der Waals surface area contributed by atoms with E-state index in [1.807, 2.05) is 36.0 Å². The number of hydrogen-bond donors (Lipinski definition) is 1. The fourth-order valence-corrected chi connectivity index (χ4v) is 4.95. The zero-order valence-electron chi connectivity index (χ0n) is 15.8. The number of thioether (sulfide) groups is 1. The Bertz CT molecular complexity index is 596. The van der Waals surface area contributed by atoms with Crippen LogP contribution in [-0.2, 0) is 4.74 Å². The van der Waals surface area contributed by atoms with Crippen LogP contribution in [0.2, 0.25) is 0 Å². The van der Waals surface area contributed by atoms with E-state index in [2.05, 4.69) is 24.1 Å². The number of nitrogens with zero attached hydrogens (tertiary/aromatic N) is 1. The average molecular weight is 379 g/mol. The fraction of sp³-hybridized carbons (Fsp3) is 0.650. The minimum absolute atomic E-state index is 0.0236. The first kappa shape index (κ1) is 19.5. The summed E-state index contributed by atoms with van der Waals surface area (Å²) in [6.45, 7) is 9.05. The van der Waals surface area contributed by atoms with E-state index >= 15 is 0 Å². The molecular formula is C20H30N2O3S. The number of carbonyl (C=O) groups excluding carboxylic acids is 1. The van der Waals surface area contributed by atoms with Crippen LogP contribution in [0, 0.1) is 5.92 Å². The van der Waals surface area contributed by atoms with Gasteiger partial charge in [0.1, 0.15) is 5.75 Å². The van der Waals surface area contributed by atoms with Gasteiger partial charge in [-0.15, -0.1) is 0 Å². The van der Waals surface area contributed by atoms with Crippen molar-refractivity contribution < 1.29 is 14.3 Å². The Morgan fingerprint density at radius 1 is 1.38 bits per heavy atom. The molecule has 2 saturated heterocycles. The van der Waals surface area contributed by atoms with Gasteiger partial charge in [0.25, 0.3) is 5.91 Å². The van der Waals surface area contributed by atoms with E-state index in [1.165, 1.54) is 0 Å². The van der Waals surface area contributed by atoms with Crippen molar-refractivity contribution in [2.45, 2.75) is 25.8 Å². The highest BCUT2D eigenvalue weighted by Crippen LogP contribution is 2.33. The molecule has 2 heterocycles. The van der Waals surface area contributed by atoms with E-state index in [-0.39, 0.29) is 11.4 Å². The number of rotatable bonds is 7. The van der Waals surface area contributed by atoms with E-state index in [0.29, 0.717) is 24.6 Å². The predicted octanol–water partition coefficient (Wildman–Crippen LogP) is 2.66. The third-order valence-electron chi connectivity index (χ3n) is 5.02.